The molecular weight excluding hydrogens is 596 g/mol. The number of sulfonamides is 1. The molecule has 2 heterocycles. The van der Waals surface area contributed by atoms with E-state index in [4.69, 9.17) is 9.47 Å². The quantitative estimate of drug-likeness (QED) is 0.360. The van der Waals surface area contributed by atoms with Gasteiger partial charge in [-0.15, -0.1) is 11.3 Å². The molecule has 43 heavy (non-hydrogen) atoms. The third kappa shape index (κ3) is 8.54. The van der Waals surface area contributed by atoms with Gasteiger partial charge in [-0.05, 0) is 61.9 Å². The van der Waals surface area contributed by atoms with Crippen molar-refractivity contribution in [3.05, 3.63) is 45.8 Å². The maximum absolute atomic E-state index is 13.4. The minimum absolute atomic E-state index is 0.0668. The van der Waals surface area contributed by atoms with Gasteiger partial charge in [0, 0.05) is 30.1 Å². The van der Waals surface area contributed by atoms with Crippen molar-refractivity contribution >= 4 is 50.4 Å². The van der Waals surface area contributed by atoms with Crippen molar-refractivity contribution in [2.75, 3.05) is 38.2 Å². The van der Waals surface area contributed by atoms with Crippen LogP contribution in [0.4, 0.5) is 14.6 Å². The first-order valence-corrected chi connectivity index (χ1v) is 16.5. The number of anilines is 1. The molecule has 0 atom stereocenters. The monoisotopic (exact) mass is 636 g/mol. The smallest absolute Gasteiger partial charge is 0.414 e. The number of nitrogens with one attached hydrogen (secondary N) is 2. The van der Waals surface area contributed by atoms with Crippen molar-refractivity contribution in [2.24, 2.45) is 11.8 Å². The van der Waals surface area contributed by atoms with Gasteiger partial charge in [0.1, 0.15) is 5.00 Å². The predicted molar refractivity (Wildman–Crippen MR) is 163 cm³/mol. The van der Waals surface area contributed by atoms with Crippen molar-refractivity contribution in [1.29, 1.82) is 0 Å². The number of rotatable bonds is 11. The lowest BCUT2D eigenvalue weighted by molar-refractivity contribution is 0.0924. The molecule has 1 aliphatic rings. The van der Waals surface area contributed by atoms with Crippen LogP contribution in [-0.2, 0) is 32.5 Å². The summed E-state index contributed by atoms with van der Waals surface area (Å²) in [4.78, 5) is 53.0. The number of fused-ring (bicyclic) bond motifs is 1. The minimum Gasteiger partial charge on any atom is -0.450 e. The first-order chi connectivity index (χ1) is 20.3. The Hall–Kier alpha value is -3.49. The number of alkyl carbamates (subject to hydrolysis) is 1. The Morgan fingerprint density at radius 2 is 1.56 bits per heavy atom. The molecule has 0 bridgehead atoms. The predicted octanol–water partition coefficient (Wildman–Crippen LogP) is 4.70. The number of hydrogen-bond acceptors (Lipinski definition) is 9. The summed E-state index contributed by atoms with van der Waals surface area (Å²) in [6.45, 7) is 12.6. The van der Waals surface area contributed by atoms with E-state index in [0.717, 1.165) is 11.3 Å². The van der Waals surface area contributed by atoms with Crippen LogP contribution in [0.2, 0.25) is 0 Å². The molecule has 1 aromatic heterocycles. The van der Waals surface area contributed by atoms with E-state index in [2.05, 4.69) is 10.6 Å². The van der Waals surface area contributed by atoms with Crippen molar-refractivity contribution < 1.29 is 37.1 Å². The van der Waals surface area contributed by atoms with Crippen LogP contribution in [0.25, 0.3) is 0 Å². The lowest BCUT2D eigenvalue weighted by atomic mass is 10.0. The van der Waals surface area contributed by atoms with Crippen LogP contribution in [0.1, 0.15) is 72.7 Å². The van der Waals surface area contributed by atoms with Gasteiger partial charge in [0.05, 0.1) is 30.2 Å². The second-order valence-electron chi connectivity index (χ2n) is 10.8. The van der Waals surface area contributed by atoms with E-state index in [-0.39, 0.29) is 59.2 Å². The summed E-state index contributed by atoms with van der Waals surface area (Å²) in [7, 11) is -3.78. The van der Waals surface area contributed by atoms with Crippen molar-refractivity contribution in [1.82, 2.24) is 14.5 Å². The summed E-state index contributed by atoms with van der Waals surface area (Å²) in [6, 6.07) is 5.62. The number of hydrogen-bond donors (Lipinski definition) is 2. The summed E-state index contributed by atoms with van der Waals surface area (Å²) in [5, 5.41) is 5.12. The fourth-order valence-electron chi connectivity index (χ4n) is 4.61. The zero-order valence-corrected chi connectivity index (χ0v) is 27.0. The van der Waals surface area contributed by atoms with E-state index >= 15 is 0 Å². The van der Waals surface area contributed by atoms with Crippen molar-refractivity contribution in [3.63, 3.8) is 0 Å². The van der Waals surface area contributed by atoms with Crippen molar-refractivity contribution in [2.45, 2.75) is 59.4 Å². The zero-order valence-electron chi connectivity index (χ0n) is 25.4. The van der Waals surface area contributed by atoms with E-state index in [0.29, 0.717) is 30.0 Å². The number of thiophene rings is 1. The third-order valence-corrected chi connectivity index (χ3v) is 9.40. The van der Waals surface area contributed by atoms with Gasteiger partial charge in [-0.1, -0.05) is 27.7 Å². The Bertz CT molecular complexity index is 1420. The van der Waals surface area contributed by atoms with E-state index in [1.165, 1.54) is 33.5 Å². The summed E-state index contributed by atoms with van der Waals surface area (Å²) in [5.74, 6) is -1.05. The summed E-state index contributed by atoms with van der Waals surface area (Å²) in [5.41, 5.74) is 0.899. The van der Waals surface area contributed by atoms with E-state index in [1.807, 2.05) is 27.7 Å². The molecule has 14 heteroatoms. The zero-order chi connectivity index (χ0) is 31.9. The van der Waals surface area contributed by atoms with Crippen LogP contribution in [0.3, 0.4) is 0 Å². The lowest BCUT2D eigenvalue weighted by Crippen LogP contribution is -2.37. The second kappa shape index (κ2) is 14.8. The number of carbonyl (C=O) groups excluding carboxylic acids is 4. The molecule has 4 amide bonds. The number of ether oxygens (including phenoxy) is 2. The van der Waals surface area contributed by atoms with Crippen LogP contribution in [0.5, 0.6) is 0 Å². The molecule has 2 aromatic rings. The van der Waals surface area contributed by atoms with Gasteiger partial charge in [0.2, 0.25) is 10.0 Å². The Morgan fingerprint density at radius 1 is 0.953 bits per heavy atom. The van der Waals surface area contributed by atoms with Gasteiger partial charge in [0.15, 0.2) is 0 Å². The molecule has 1 aliphatic heterocycles. The molecule has 0 aliphatic carbocycles. The third-order valence-electron chi connectivity index (χ3n) is 6.42. The summed E-state index contributed by atoms with van der Waals surface area (Å²) in [6.07, 6.45) is -1.10. The Labute approximate surface area is 256 Å². The van der Waals surface area contributed by atoms with E-state index < -0.39 is 34.0 Å². The maximum Gasteiger partial charge on any atom is 0.414 e. The number of benzene rings is 1. The number of carbonyl (C=O) groups is 4. The first kappa shape index (κ1) is 34.0. The fraction of sp³-hybridized carbons (Fsp3) is 0.517. The van der Waals surface area contributed by atoms with Gasteiger partial charge >= 0.3 is 12.2 Å². The summed E-state index contributed by atoms with van der Waals surface area (Å²) >= 11 is 1.12. The highest BCUT2D eigenvalue weighted by Gasteiger charge is 2.32. The molecule has 236 valence electrons. The Balaban J connectivity index is 1.89. The van der Waals surface area contributed by atoms with Crippen LogP contribution in [0.15, 0.2) is 29.2 Å². The topological polar surface area (TPSA) is 151 Å². The van der Waals surface area contributed by atoms with Crippen LogP contribution in [0, 0.1) is 11.8 Å². The molecule has 0 unspecified atom stereocenters. The number of amides is 4. The standard InChI is InChI=1S/C29H40N4O8S2/c1-7-40-28(36)31-26(35)24-22-13-14-32(29(37)41-8-2)17-23(22)42-27(24)30-25(34)20-9-11-21(12-10-20)43(38,39)33(15-18(3)4)16-19(5)6/h9-12,18-19H,7-8,13-17H2,1-6H3,(H,30,34)(H,31,35,36). The van der Waals surface area contributed by atoms with Gasteiger partial charge in [-0.25, -0.2) is 18.0 Å². The second-order valence-corrected chi connectivity index (χ2v) is 13.9. The highest BCUT2D eigenvalue weighted by Crippen LogP contribution is 2.37. The molecule has 1 aromatic carbocycles. The normalized spacial score (nSPS) is 13.2. The lowest BCUT2D eigenvalue weighted by Gasteiger charge is -2.26. The molecule has 2 N–H and O–H groups in total. The molecule has 0 radical (unpaired) electrons. The SMILES string of the molecule is CCOC(=O)NC(=O)c1c(NC(=O)c2ccc(S(=O)(=O)N(CC(C)C)CC(C)C)cc2)sc2c1CCN(C(=O)OCC)C2. The highest BCUT2D eigenvalue weighted by atomic mass is 32.2. The van der Waals surface area contributed by atoms with Crippen molar-refractivity contribution in [3.8, 4) is 0 Å². The maximum atomic E-state index is 13.4. The van der Waals surface area contributed by atoms with Gasteiger partial charge in [0.25, 0.3) is 11.8 Å². The minimum atomic E-state index is -3.78. The molecule has 0 saturated heterocycles. The highest BCUT2D eigenvalue weighted by molar-refractivity contribution is 7.89. The van der Waals surface area contributed by atoms with Gasteiger partial charge < -0.3 is 19.7 Å². The van der Waals surface area contributed by atoms with Crippen LogP contribution < -0.4 is 10.6 Å². The van der Waals surface area contributed by atoms with Gasteiger partial charge in [-0.3, -0.25) is 14.9 Å². The summed E-state index contributed by atoms with van der Waals surface area (Å²) < 4.78 is 38.1. The molecule has 0 saturated carbocycles. The van der Waals surface area contributed by atoms with Gasteiger partial charge in [-0.2, -0.15) is 4.31 Å². The fourth-order valence-corrected chi connectivity index (χ4v) is 7.64. The number of nitrogens with zero attached hydrogens (tertiary/aromatic N) is 2. The van der Waals surface area contributed by atoms with E-state index in [9.17, 15) is 27.6 Å². The molecule has 0 fully saturated rings. The average Bonchev–Trinajstić information content (AvgIpc) is 3.29. The largest absolute Gasteiger partial charge is 0.450 e. The number of imide groups is 1. The van der Waals surface area contributed by atoms with E-state index in [1.54, 1.807) is 13.8 Å². The molecular formula is C29H40N4O8S2. The average molecular weight is 637 g/mol. The molecule has 12 nitrogen and oxygen atoms in total. The van der Waals surface area contributed by atoms with Crippen LogP contribution >= 0.6 is 11.3 Å². The Morgan fingerprint density at radius 3 is 2.12 bits per heavy atom. The van der Waals surface area contributed by atoms with Crippen LogP contribution in [-0.4, -0.2) is 74.5 Å². The molecule has 0 spiro atoms. The molecule has 3 rings (SSSR count). The first-order valence-electron chi connectivity index (χ1n) is 14.2. The Kier molecular flexibility index (Phi) is 11.7.